The largest absolute Gasteiger partial charge is 0.460 e. The lowest BCUT2D eigenvalue weighted by Gasteiger charge is -2.12. The highest BCUT2D eigenvalue weighted by atomic mass is 16.3. The zero-order chi connectivity index (χ0) is 21.8. The Hall–Kier alpha value is -4.20. The van der Waals surface area contributed by atoms with E-state index in [1.807, 2.05) is 31.2 Å². The topological polar surface area (TPSA) is 102 Å². The molecule has 0 unspecified atom stereocenters. The summed E-state index contributed by atoms with van der Waals surface area (Å²) in [5.74, 6) is 1.74. The number of hydrazone groups is 1. The minimum absolute atomic E-state index is 0.00506. The highest BCUT2D eigenvalue weighted by Crippen LogP contribution is 2.15. The van der Waals surface area contributed by atoms with Crippen LogP contribution < -0.4 is 16.3 Å². The van der Waals surface area contributed by atoms with Crippen molar-refractivity contribution in [3.05, 3.63) is 88.4 Å². The van der Waals surface area contributed by atoms with Crippen molar-refractivity contribution in [3.63, 3.8) is 0 Å². The maximum atomic E-state index is 12.9. The van der Waals surface area contributed by atoms with Gasteiger partial charge in [0, 0.05) is 5.69 Å². The van der Waals surface area contributed by atoms with Crippen molar-refractivity contribution in [1.29, 1.82) is 0 Å². The number of amides is 1. The summed E-state index contributed by atoms with van der Waals surface area (Å²) in [4.78, 5) is 29.5. The predicted molar refractivity (Wildman–Crippen MR) is 120 cm³/mol. The third-order valence-corrected chi connectivity index (χ3v) is 4.64. The normalized spacial score (nSPS) is 11.2. The summed E-state index contributed by atoms with van der Waals surface area (Å²) in [6.07, 6.45) is 1.51. The zero-order valence-corrected chi connectivity index (χ0v) is 17.1. The molecule has 8 nitrogen and oxygen atoms in total. The Balaban J connectivity index is 1.41. The molecule has 156 valence electrons. The Bertz CT molecular complexity index is 1320. The Labute approximate surface area is 178 Å². The first kappa shape index (κ1) is 20.1. The summed E-state index contributed by atoms with van der Waals surface area (Å²) in [5.41, 5.74) is 4.50. The van der Waals surface area contributed by atoms with Crippen LogP contribution in [-0.4, -0.2) is 28.2 Å². The fourth-order valence-corrected chi connectivity index (χ4v) is 3.20. The van der Waals surface area contributed by atoms with E-state index in [0.29, 0.717) is 33.9 Å². The second-order valence-electron chi connectivity index (χ2n) is 6.95. The quantitative estimate of drug-likeness (QED) is 0.372. The smallest absolute Gasteiger partial charge is 0.265 e. The standard InChI is InChI=1S/C23H21N5O3/c1-15-7-12-19(31-15)13-24-25-14-22(29)27-17-8-10-18(11-9-17)28-16(2)26-21-6-4-3-5-20(21)23(28)30/h3-13,25H,14H2,1-2H3,(H,27,29)/b24-13-. The Morgan fingerprint density at radius 2 is 1.87 bits per heavy atom. The van der Waals surface area contributed by atoms with Crippen molar-refractivity contribution in [2.75, 3.05) is 11.9 Å². The molecule has 0 saturated carbocycles. The van der Waals surface area contributed by atoms with Gasteiger partial charge in [-0.15, -0.1) is 0 Å². The number of aryl methyl sites for hydroxylation is 2. The number of nitrogens with one attached hydrogen (secondary N) is 2. The summed E-state index contributed by atoms with van der Waals surface area (Å²) in [6, 6.07) is 17.9. The SMILES string of the molecule is Cc1ccc(/C=N\NCC(=O)Nc2ccc(-n3c(C)nc4ccccc4c3=O)cc2)o1. The van der Waals surface area contributed by atoms with Crippen LogP contribution in [0.1, 0.15) is 17.3 Å². The molecule has 31 heavy (non-hydrogen) atoms. The second kappa shape index (κ2) is 8.66. The molecule has 0 aliphatic carbocycles. The molecule has 0 fully saturated rings. The van der Waals surface area contributed by atoms with Gasteiger partial charge < -0.3 is 15.2 Å². The number of nitrogens with zero attached hydrogens (tertiary/aromatic N) is 3. The van der Waals surface area contributed by atoms with Crippen LogP contribution in [0.2, 0.25) is 0 Å². The molecule has 2 heterocycles. The Morgan fingerprint density at radius 1 is 1.10 bits per heavy atom. The summed E-state index contributed by atoms with van der Waals surface area (Å²) >= 11 is 0. The molecule has 0 aliphatic rings. The molecule has 0 saturated heterocycles. The van der Waals surface area contributed by atoms with Crippen molar-refractivity contribution in [1.82, 2.24) is 15.0 Å². The van der Waals surface area contributed by atoms with E-state index in [1.165, 1.54) is 6.21 Å². The minimum atomic E-state index is -0.249. The van der Waals surface area contributed by atoms with Crippen LogP contribution in [-0.2, 0) is 4.79 Å². The fourth-order valence-electron chi connectivity index (χ4n) is 3.20. The van der Waals surface area contributed by atoms with E-state index in [2.05, 4.69) is 20.8 Å². The van der Waals surface area contributed by atoms with Crippen LogP contribution in [0.5, 0.6) is 0 Å². The number of hydrogen-bond donors (Lipinski definition) is 2. The van der Waals surface area contributed by atoms with Crippen LogP contribution in [0, 0.1) is 13.8 Å². The van der Waals surface area contributed by atoms with E-state index in [1.54, 1.807) is 47.9 Å². The molecule has 2 N–H and O–H groups in total. The Kier molecular flexibility index (Phi) is 5.61. The lowest BCUT2D eigenvalue weighted by Crippen LogP contribution is -2.25. The average molecular weight is 415 g/mol. The molecule has 0 spiro atoms. The number of hydrogen-bond acceptors (Lipinski definition) is 6. The van der Waals surface area contributed by atoms with Crippen molar-refractivity contribution in [2.24, 2.45) is 5.10 Å². The number of fused-ring (bicyclic) bond motifs is 1. The molecule has 2 aromatic carbocycles. The van der Waals surface area contributed by atoms with E-state index < -0.39 is 0 Å². The number of benzene rings is 2. The van der Waals surface area contributed by atoms with Gasteiger partial charge in [-0.25, -0.2) is 4.98 Å². The van der Waals surface area contributed by atoms with Crippen molar-refractivity contribution in [2.45, 2.75) is 13.8 Å². The first-order valence-corrected chi connectivity index (χ1v) is 9.72. The van der Waals surface area contributed by atoms with Crippen LogP contribution in [0.3, 0.4) is 0 Å². The van der Waals surface area contributed by atoms with Gasteiger partial charge >= 0.3 is 0 Å². The van der Waals surface area contributed by atoms with E-state index in [0.717, 1.165) is 5.76 Å². The van der Waals surface area contributed by atoms with Gasteiger partial charge in [0.05, 0.1) is 22.8 Å². The third-order valence-electron chi connectivity index (χ3n) is 4.64. The number of aromatic nitrogens is 2. The van der Waals surface area contributed by atoms with Crippen molar-refractivity contribution < 1.29 is 9.21 Å². The lowest BCUT2D eigenvalue weighted by molar-refractivity contribution is -0.115. The Morgan fingerprint density at radius 3 is 2.61 bits per heavy atom. The van der Waals surface area contributed by atoms with Gasteiger partial charge in [-0.3, -0.25) is 14.2 Å². The predicted octanol–water partition coefficient (Wildman–Crippen LogP) is 3.16. The molecule has 0 bridgehead atoms. The van der Waals surface area contributed by atoms with Crippen LogP contribution in [0.25, 0.3) is 16.6 Å². The van der Waals surface area contributed by atoms with E-state index in [-0.39, 0.29) is 18.0 Å². The second-order valence-corrected chi connectivity index (χ2v) is 6.95. The molecule has 0 atom stereocenters. The number of anilines is 1. The van der Waals surface area contributed by atoms with Gasteiger partial charge in [0.1, 0.15) is 23.9 Å². The van der Waals surface area contributed by atoms with Gasteiger partial charge in [0.2, 0.25) is 5.91 Å². The van der Waals surface area contributed by atoms with Crippen molar-refractivity contribution in [3.8, 4) is 5.69 Å². The van der Waals surface area contributed by atoms with Gasteiger partial charge in [0.15, 0.2) is 0 Å². The van der Waals surface area contributed by atoms with Crippen molar-refractivity contribution >= 4 is 28.7 Å². The molecule has 0 radical (unpaired) electrons. The average Bonchev–Trinajstić information content (AvgIpc) is 3.17. The number of carbonyl (C=O) groups excluding carboxylic acids is 1. The van der Waals surface area contributed by atoms with Gasteiger partial charge in [0.25, 0.3) is 5.56 Å². The summed E-state index contributed by atoms with van der Waals surface area (Å²) in [6.45, 7) is 3.64. The summed E-state index contributed by atoms with van der Waals surface area (Å²) in [5, 5.41) is 7.30. The first-order chi connectivity index (χ1) is 15.0. The summed E-state index contributed by atoms with van der Waals surface area (Å²) < 4.78 is 6.91. The molecule has 2 aromatic heterocycles. The highest BCUT2D eigenvalue weighted by Gasteiger charge is 2.10. The third kappa shape index (κ3) is 4.53. The van der Waals surface area contributed by atoms with E-state index in [4.69, 9.17) is 4.42 Å². The lowest BCUT2D eigenvalue weighted by atomic mass is 10.2. The molecular formula is C23H21N5O3. The molecular weight excluding hydrogens is 394 g/mol. The number of furan rings is 1. The molecule has 1 amide bonds. The van der Waals surface area contributed by atoms with Crippen LogP contribution >= 0.6 is 0 Å². The fraction of sp³-hybridized carbons (Fsp3) is 0.130. The van der Waals surface area contributed by atoms with Gasteiger partial charge in [-0.05, 0) is 62.4 Å². The van der Waals surface area contributed by atoms with E-state index in [9.17, 15) is 9.59 Å². The minimum Gasteiger partial charge on any atom is -0.460 e. The number of carbonyl (C=O) groups is 1. The molecule has 4 rings (SSSR count). The van der Waals surface area contributed by atoms with Crippen LogP contribution in [0.15, 0.2) is 75.0 Å². The van der Waals surface area contributed by atoms with Gasteiger partial charge in [-0.2, -0.15) is 5.10 Å². The molecule has 0 aliphatic heterocycles. The summed E-state index contributed by atoms with van der Waals surface area (Å²) in [7, 11) is 0. The molecule has 8 heteroatoms. The van der Waals surface area contributed by atoms with Crippen LogP contribution in [0.4, 0.5) is 5.69 Å². The number of para-hydroxylation sites is 1. The van der Waals surface area contributed by atoms with E-state index >= 15 is 0 Å². The maximum absolute atomic E-state index is 12.9. The first-order valence-electron chi connectivity index (χ1n) is 9.72. The number of rotatable bonds is 6. The monoisotopic (exact) mass is 415 g/mol. The zero-order valence-electron chi connectivity index (χ0n) is 17.1. The molecule has 4 aromatic rings. The van der Waals surface area contributed by atoms with Gasteiger partial charge in [-0.1, -0.05) is 12.1 Å². The maximum Gasteiger partial charge on any atom is 0.265 e. The highest BCUT2D eigenvalue weighted by molar-refractivity contribution is 5.92.